The molecule has 1 atom stereocenters. The molecule has 10 heteroatoms. The van der Waals surface area contributed by atoms with Crippen molar-refractivity contribution in [2.24, 2.45) is 0 Å². The maximum Gasteiger partial charge on any atom is 0.241 e. The van der Waals surface area contributed by atoms with Crippen LogP contribution in [0.1, 0.15) is 38.0 Å². The summed E-state index contributed by atoms with van der Waals surface area (Å²) in [6.07, 6.45) is 6.21. The Labute approximate surface area is 192 Å². The number of rotatable bonds is 5. The fourth-order valence-corrected chi connectivity index (χ4v) is 4.26. The Kier molecular flexibility index (Phi) is 6.01. The lowest BCUT2D eigenvalue weighted by Gasteiger charge is -2.29. The van der Waals surface area contributed by atoms with Crippen LogP contribution in [0.3, 0.4) is 0 Å². The number of aliphatic hydroxyl groups excluding tert-OH is 1. The minimum Gasteiger partial charge on any atom is -0.387 e. The fraction of sp³-hybridized carbons (Fsp3) is 0.435. The Hall–Kier alpha value is -3.37. The molecule has 3 aromatic rings. The zero-order valence-electron chi connectivity index (χ0n) is 18.7. The minimum absolute atomic E-state index is 0.0379. The number of hydrogen-bond acceptors (Lipinski definition) is 9. The van der Waals surface area contributed by atoms with Crippen molar-refractivity contribution in [1.82, 2.24) is 25.3 Å². The molecule has 0 aliphatic carbocycles. The van der Waals surface area contributed by atoms with Crippen LogP contribution in [-0.4, -0.2) is 63.7 Å². The van der Waals surface area contributed by atoms with Crippen LogP contribution in [0.4, 0.5) is 23.3 Å². The summed E-state index contributed by atoms with van der Waals surface area (Å²) in [4.78, 5) is 34.5. The molecular weight excluding hydrogens is 420 g/mol. The van der Waals surface area contributed by atoms with E-state index in [2.05, 4.69) is 25.5 Å². The van der Waals surface area contributed by atoms with Crippen molar-refractivity contribution in [3.05, 3.63) is 36.3 Å². The monoisotopic (exact) mass is 448 g/mol. The van der Waals surface area contributed by atoms with Crippen molar-refractivity contribution in [2.45, 2.75) is 32.3 Å². The fourth-order valence-electron chi connectivity index (χ4n) is 4.26. The second kappa shape index (κ2) is 9.24. The van der Waals surface area contributed by atoms with Gasteiger partial charge < -0.3 is 25.5 Å². The first kappa shape index (κ1) is 21.5. The molecule has 0 aromatic carbocycles. The summed E-state index contributed by atoms with van der Waals surface area (Å²) in [6, 6.07) is 5.53. The van der Waals surface area contributed by atoms with E-state index in [9.17, 15) is 9.90 Å². The van der Waals surface area contributed by atoms with Crippen LogP contribution in [0.25, 0.3) is 10.9 Å². The maximum atomic E-state index is 12.1. The third kappa shape index (κ3) is 4.57. The number of piperidine rings is 1. The van der Waals surface area contributed by atoms with Crippen LogP contribution in [0, 0.1) is 0 Å². The zero-order valence-corrected chi connectivity index (χ0v) is 18.7. The molecule has 5 rings (SSSR count). The highest BCUT2D eigenvalue weighted by Gasteiger charge is 2.21. The van der Waals surface area contributed by atoms with Gasteiger partial charge in [0, 0.05) is 37.8 Å². The number of hydrogen-bond donors (Lipinski definition) is 3. The van der Waals surface area contributed by atoms with Crippen LogP contribution in [0.5, 0.6) is 0 Å². The van der Waals surface area contributed by atoms with Gasteiger partial charge in [0.05, 0.1) is 30.2 Å². The molecular formula is C23H28N8O2. The summed E-state index contributed by atoms with van der Waals surface area (Å²) in [5, 5.41) is 17.2. The van der Waals surface area contributed by atoms with Gasteiger partial charge in [-0.1, -0.05) is 0 Å². The molecule has 0 spiro atoms. The van der Waals surface area contributed by atoms with Crippen molar-refractivity contribution in [3.63, 3.8) is 0 Å². The second-order valence-electron chi connectivity index (χ2n) is 8.47. The van der Waals surface area contributed by atoms with Crippen molar-refractivity contribution in [3.8, 4) is 0 Å². The van der Waals surface area contributed by atoms with Gasteiger partial charge in [0.25, 0.3) is 0 Å². The van der Waals surface area contributed by atoms with Gasteiger partial charge in [-0.2, -0.15) is 0 Å². The molecule has 0 saturated carbocycles. The van der Waals surface area contributed by atoms with E-state index in [4.69, 9.17) is 9.97 Å². The van der Waals surface area contributed by atoms with E-state index >= 15 is 0 Å². The summed E-state index contributed by atoms with van der Waals surface area (Å²) in [7, 11) is 0. The molecule has 2 aliphatic heterocycles. The van der Waals surface area contributed by atoms with Gasteiger partial charge in [0.2, 0.25) is 11.9 Å². The number of pyridine rings is 2. The number of fused-ring (bicyclic) bond motifs is 1. The molecule has 172 valence electrons. The highest BCUT2D eigenvalue weighted by molar-refractivity contribution is 5.95. The van der Waals surface area contributed by atoms with Crippen molar-refractivity contribution in [2.75, 3.05) is 47.8 Å². The van der Waals surface area contributed by atoms with E-state index in [-0.39, 0.29) is 5.91 Å². The number of aromatic nitrogens is 4. The Balaban J connectivity index is 1.42. The molecule has 5 heterocycles. The molecule has 0 bridgehead atoms. The molecule has 1 amide bonds. The van der Waals surface area contributed by atoms with Crippen LogP contribution in [0.15, 0.2) is 30.6 Å². The number of aliphatic hydroxyl groups is 1. The number of amides is 1. The predicted molar refractivity (Wildman–Crippen MR) is 127 cm³/mol. The number of anilines is 4. The van der Waals surface area contributed by atoms with Crippen molar-refractivity contribution < 1.29 is 9.90 Å². The maximum absolute atomic E-state index is 12.1. The standard InChI is InChI=1S/C23H28N8O2/c1-15(32)18-11-16-12-26-23(29-21(16)22(27-18)30-8-3-2-4-9-30)28-19-6-5-17(13-25-19)31-10-7-24-14-20(31)33/h5-6,11-13,15,24,32H,2-4,7-10,14H2,1H3,(H,25,26,28,29)/t15-/m1/s1. The molecule has 2 aliphatic rings. The summed E-state index contributed by atoms with van der Waals surface area (Å²) in [5.74, 6) is 1.84. The average molecular weight is 449 g/mol. The largest absolute Gasteiger partial charge is 0.387 e. The Morgan fingerprint density at radius 3 is 2.67 bits per heavy atom. The lowest BCUT2D eigenvalue weighted by molar-refractivity contribution is -0.118. The van der Waals surface area contributed by atoms with Crippen molar-refractivity contribution >= 4 is 40.1 Å². The molecule has 0 radical (unpaired) electrons. The van der Waals surface area contributed by atoms with Crippen LogP contribution in [0.2, 0.25) is 0 Å². The molecule has 2 fully saturated rings. The average Bonchev–Trinajstić information content (AvgIpc) is 2.85. The number of nitrogens with zero attached hydrogens (tertiary/aromatic N) is 6. The summed E-state index contributed by atoms with van der Waals surface area (Å²) in [6.45, 7) is 5.30. The second-order valence-corrected chi connectivity index (χ2v) is 8.47. The number of carbonyl (C=O) groups excluding carboxylic acids is 1. The van der Waals surface area contributed by atoms with E-state index in [1.165, 1.54) is 6.42 Å². The van der Waals surface area contributed by atoms with Gasteiger partial charge in [-0.05, 0) is 44.4 Å². The number of nitrogens with one attached hydrogen (secondary N) is 2. The molecule has 10 nitrogen and oxygen atoms in total. The third-order valence-corrected chi connectivity index (χ3v) is 6.04. The van der Waals surface area contributed by atoms with Gasteiger partial charge in [-0.25, -0.2) is 19.9 Å². The van der Waals surface area contributed by atoms with Gasteiger partial charge in [-0.15, -0.1) is 0 Å². The minimum atomic E-state index is -0.666. The Morgan fingerprint density at radius 1 is 1.09 bits per heavy atom. The molecule has 2 saturated heterocycles. The SMILES string of the molecule is C[C@@H](O)c1cc2cnc(Nc3ccc(N4CCNCC4=O)cn3)nc2c(N2CCCCC2)n1. The smallest absolute Gasteiger partial charge is 0.241 e. The van der Waals surface area contributed by atoms with Gasteiger partial charge in [-0.3, -0.25) is 4.79 Å². The van der Waals surface area contributed by atoms with Gasteiger partial charge in [0.1, 0.15) is 11.3 Å². The number of piperazine rings is 1. The number of carbonyl (C=O) groups is 1. The lowest BCUT2D eigenvalue weighted by atomic mass is 10.1. The predicted octanol–water partition coefficient (Wildman–Crippen LogP) is 2.14. The van der Waals surface area contributed by atoms with E-state index in [0.717, 1.165) is 54.9 Å². The first-order chi connectivity index (χ1) is 16.1. The zero-order chi connectivity index (χ0) is 22.8. The van der Waals surface area contributed by atoms with Gasteiger partial charge in [0.15, 0.2) is 5.82 Å². The summed E-state index contributed by atoms with van der Waals surface area (Å²) in [5.41, 5.74) is 2.14. The molecule has 33 heavy (non-hydrogen) atoms. The first-order valence-corrected chi connectivity index (χ1v) is 11.4. The van der Waals surface area contributed by atoms with E-state index in [0.29, 0.717) is 30.5 Å². The summed E-state index contributed by atoms with van der Waals surface area (Å²) >= 11 is 0. The van der Waals surface area contributed by atoms with Crippen LogP contribution >= 0.6 is 0 Å². The van der Waals surface area contributed by atoms with E-state index in [1.54, 1.807) is 24.2 Å². The first-order valence-electron chi connectivity index (χ1n) is 11.4. The highest BCUT2D eigenvalue weighted by Crippen LogP contribution is 2.29. The Bertz CT molecular complexity index is 1150. The van der Waals surface area contributed by atoms with Gasteiger partial charge >= 0.3 is 0 Å². The molecule has 3 N–H and O–H groups in total. The van der Waals surface area contributed by atoms with E-state index in [1.807, 2.05) is 18.2 Å². The van der Waals surface area contributed by atoms with Crippen LogP contribution < -0.4 is 20.4 Å². The van der Waals surface area contributed by atoms with Crippen molar-refractivity contribution in [1.29, 1.82) is 0 Å². The third-order valence-electron chi connectivity index (χ3n) is 6.04. The molecule has 0 unspecified atom stereocenters. The normalized spacial score (nSPS) is 17.9. The Morgan fingerprint density at radius 2 is 1.94 bits per heavy atom. The van der Waals surface area contributed by atoms with E-state index < -0.39 is 6.10 Å². The summed E-state index contributed by atoms with van der Waals surface area (Å²) < 4.78 is 0. The van der Waals surface area contributed by atoms with Crippen LogP contribution in [-0.2, 0) is 4.79 Å². The molecule has 3 aromatic heterocycles. The topological polar surface area (TPSA) is 119 Å². The lowest BCUT2D eigenvalue weighted by Crippen LogP contribution is -2.48. The highest BCUT2D eigenvalue weighted by atomic mass is 16.3. The quantitative estimate of drug-likeness (QED) is 0.539.